The minimum absolute atomic E-state index is 0.0843. The fourth-order valence-corrected chi connectivity index (χ4v) is 4.95. The van der Waals surface area contributed by atoms with Gasteiger partial charge >= 0.3 is 6.09 Å². The first-order valence-electron chi connectivity index (χ1n) is 12.9. The largest absolute Gasteiger partial charge is 0.465 e. The number of amides is 3. The number of rotatable bonds is 3. The second kappa shape index (κ2) is 12.4. The lowest BCUT2D eigenvalue weighted by molar-refractivity contribution is -0.117. The number of nitrogens with two attached hydrogens (primary N) is 1. The highest BCUT2D eigenvalue weighted by molar-refractivity contribution is 6.09. The molecule has 2 aliphatic heterocycles. The summed E-state index contributed by atoms with van der Waals surface area (Å²) in [4.78, 5) is 39.3. The van der Waals surface area contributed by atoms with E-state index in [1.807, 2.05) is 42.2 Å². The maximum absolute atomic E-state index is 13.7. The average Bonchev–Trinajstić information content (AvgIpc) is 3.17. The minimum Gasteiger partial charge on any atom is -0.465 e. The molecule has 3 amide bonds. The molecular formula is C30H30FN5O4. The highest BCUT2D eigenvalue weighted by atomic mass is 19.1. The summed E-state index contributed by atoms with van der Waals surface area (Å²) in [7, 11) is 0. The maximum Gasteiger partial charge on any atom is 0.412 e. The van der Waals surface area contributed by atoms with Crippen LogP contribution in [0.4, 0.5) is 26.2 Å². The number of hydrogen-bond acceptors (Lipinski definition) is 5. The van der Waals surface area contributed by atoms with Gasteiger partial charge in [0, 0.05) is 24.3 Å². The average molecular weight is 544 g/mol. The number of benzene rings is 3. The van der Waals surface area contributed by atoms with Crippen LogP contribution in [0.3, 0.4) is 0 Å². The van der Waals surface area contributed by atoms with Gasteiger partial charge in [0.2, 0.25) is 5.91 Å². The van der Waals surface area contributed by atoms with Gasteiger partial charge in [-0.25, -0.2) is 9.18 Å². The van der Waals surface area contributed by atoms with Gasteiger partial charge in [0.05, 0.1) is 11.8 Å². The molecule has 40 heavy (non-hydrogen) atoms. The lowest BCUT2D eigenvalue weighted by atomic mass is 10.0. The van der Waals surface area contributed by atoms with Gasteiger partial charge in [-0.1, -0.05) is 30.3 Å². The number of nitriles is 1. The molecule has 0 radical (unpaired) electrons. The summed E-state index contributed by atoms with van der Waals surface area (Å²) in [6.45, 7) is 2.56. The molecule has 0 unspecified atom stereocenters. The van der Waals surface area contributed by atoms with Crippen LogP contribution in [0.1, 0.15) is 39.9 Å². The molecule has 0 saturated carbocycles. The third-order valence-corrected chi connectivity index (χ3v) is 7.00. The van der Waals surface area contributed by atoms with Crippen molar-refractivity contribution in [3.8, 4) is 6.07 Å². The molecule has 9 nitrogen and oxygen atoms in total. The van der Waals surface area contributed by atoms with Gasteiger partial charge in [0.15, 0.2) is 0 Å². The van der Waals surface area contributed by atoms with E-state index in [9.17, 15) is 18.8 Å². The van der Waals surface area contributed by atoms with Crippen LogP contribution < -0.4 is 20.4 Å². The van der Waals surface area contributed by atoms with E-state index in [2.05, 4.69) is 12.1 Å². The normalized spacial score (nSPS) is 14.2. The van der Waals surface area contributed by atoms with E-state index in [-0.39, 0.29) is 23.8 Å². The molecule has 3 aromatic rings. The number of aryl methyl sites for hydroxylation is 2. The Kier molecular flexibility index (Phi) is 8.76. The van der Waals surface area contributed by atoms with Crippen molar-refractivity contribution in [1.82, 2.24) is 0 Å². The van der Waals surface area contributed by atoms with Crippen LogP contribution >= 0.6 is 0 Å². The first-order chi connectivity index (χ1) is 19.3. The topological polar surface area (TPSA) is 131 Å². The number of halogens is 1. The summed E-state index contributed by atoms with van der Waals surface area (Å²) < 4.78 is 13.7. The summed E-state index contributed by atoms with van der Waals surface area (Å²) in [6.07, 6.45) is 1.81. The molecule has 0 bridgehead atoms. The zero-order chi connectivity index (χ0) is 28.8. The van der Waals surface area contributed by atoms with Gasteiger partial charge in [-0.2, -0.15) is 5.26 Å². The minimum atomic E-state index is -1.41. The fourth-order valence-electron chi connectivity index (χ4n) is 4.95. The molecule has 206 valence electrons. The molecule has 0 aliphatic carbocycles. The molecule has 2 aliphatic rings. The fraction of sp³-hybridized carbons (Fsp3) is 0.267. The predicted octanol–water partition coefficient (Wildman–Crippen LogP) is 4.62. The Labute approximate surface area is 231 Å². The first kappa shape index (κ1) is 28.3. The van der Waals surface area contributed by atoms with E-state index in [1.54, 1.807) is 6.07 Å². The van der Waals surface area contributed by atoms with Gasteiger partial charge in [0.1, 0.15) is 24.6 Å². The highest BCUT2D eigenvalue weighted by Crippen LogP contribution is 2.35. The Balaban J connectivity index is 0.000000189. The number of hydrogen-bond donors (Lipinski definition) is 2. The van der Waals surface area contributed by atoms with E-state index < -0.39 is 24.4 Å². The Hall–Kier alpha value is -4.75. The summed E-state index contributed by atoms with van der Waals surface area (Å²) in [5.41, 5.74) is 10.8. The zero-order valence-corrected chi connectivity index (χ0v) is 22.1. The number of carboxylic acid groups (broad SMARTS) is 1. The molecule has 0 fully saturated rings. The van der Waals surface area contributed by atoms with E-state index >= 15 is 0 Å². The van der Waals surface area contributed by atoms with Crippen molar-refractivity contribution in [3.63, 3.8) is 0 Å². The van der Waals surface area contributed by atoms with Crippen LogP contribution in [0.25, 0.3) is 0 Å². The lowest BCUT2D eigenvalue weighted by Crippen LogP contribution is -2.48. The lowest BCUT2D eigenvalue weighted by Gasteiger charge is -2.33. The maximum atomic E-state index is 13.7. The molecule has 0 saturated heterocycles. The Morgan fingerprint density at radius 3 is 2.50 bits per heavy atom. The number of carbonyl (C=O) groups is 3. The van der Waals surface area contributed by atoms with Gasteiger partial charge in [-0.15, -0.1) is 0 Å². The molecule has 3 aromatic carbocycles. The Morgan fingerprint density at radius 1 is 1.05 bits per heavy atom. The molecule has 0 atom stereocenters. The second-order valence-corrected chi connectivity index (χ2v) is 9.50. The Morgan fingerprint density at radius 2 is 1.80 bits per heavy atom. The summed E-state index contributed by atoms with van der Waals surface area (Å²) in [6, 6.07) is 19.7. The van der Waals surface area contributed by atoms with Gasteiger partial charge in [0.25, 0.3) is 5.91 Å². The van der Waals surface area contributed by atoms with Crippen LogP contribution in [0.5, 0.6) is 0 Å². The van der Waals surface area contributed by atoms with Crippen molar-refractivity contribution in [2.75, 3.05) is 34.3 Å². The van der Waals surface area contributed by atoms with E-state index in [0.717, 1.165) is 59.2 Å². The molecule has 0 spiro atoms. The second-order valence-electron chi connectivity index (χ2n) is 9.50. The summed E-state index contributed by atoms with van der Waals surface area (Å²) in [5, 5.41) is 17.6. The standard InChI is InChI=1S/C19H22N2O.C11H8FN3O3/c1-14-12-16(9-10-17(14)13-20)19(22)21-11-5-4-7-15-6-2-3-8-18(15)21;12-7-2-1-3-8-10(7)15(11(17)18)6-9(16)14(8)5-4-13/h2-3,6,8-10,12H,4-5,7,11,13,20H2,1H3;1-3H,5-6H2,(H,17,18). The summed E-state index contributed by atoms with van der Waals surface area (Å²) >= 11 is 0. The quantitative estimate of drug-likeness (QED) is 0.464. The summed E-state index contributed by atoms with van der Waals surface area (Å²) in [5.74, 6) is -1.22. The van der Waals surface area contributed by atoms with Crippen molar-refractivity contribution in [2.24, 2.45) is 5.73 Å². The van der Waals surface area contributed by atoms with E-state index in [0.29, 0.717) is 11.4 Å². The number of carbonyl (C=O) groups excluding carboxylic acids is 2. The van der Waals surface area contributed by atoms with Crippen LogP contribution in [-0.2, 0) is 17.8 Å². The smallest absolute Gasteiger partial charge is 0.412 e. The monoisotopic (exact) mass is 543 g/mol. The zero-order valence-electron chi connectivity index (χ0n) is 22.1. The van der Waals surface area contributed by atoms with Crippen molar-refractivity contribution < 1.29 is 23.9 Å². The van der Waals surface area contributed by atoms with Crippen molar-refractivity contribution in [1.29, 1.82) is 5.26 Å². The van der Waals surface area contributed by atoms with Gasteiger partial charge < -0.3 is 15.7 Å². The number of para-hydroxylation sites is 2. The van der Waals surface area contributed by atoms with Crippen LogP contribution in [0, 0.1) is 24.1 Å². The van der Waals surface area contributed by atoms with Gasteiger partial charge in [-0.3, -0.25) is 19.4 Å². The van der Waals surface area contributed by atoms with E-state index in [4.69, 9.17) is 16.1 Å². The number of anilines is 3. The predicted molar refractivity (Wildman–Crippen MR) is 150 cm³/mol. The molecule has 5 rings (SSSR count). The Bertz CT molecular complexity index is 1490. The van der Waals surface area contributed by atoms with Crippen LogP contribution in [-0.4, -0.2) is 42.6 Å². The third-order valence-electron chi connectivity index (χ3n) is 7.00. The molecule has 2 heterocycles. The highest BCUT2D eigenvalue weighted by Gasteiger charge is 2.34. The van der Waals surface area contributed by atoms with Gasteiger partial charge in [-0.05, 0) is 73.2 Å². The van der Waals surface area contributed by atoms with Crippen LogP contribution in [0.2, 0.25) is 0 Å². The van der Waals surface area contributed by atoms with Crippen molar-refractivity contribution in [2.45, 2.75) is 32.7 Å². The number of fused-ring (bicyclic) bond motifs is 2. The SMILES string of the molecule is Cc1cc(C(=O)N2CCCCc3ccccc32)ccc1CN.N#CCN1C(=O)CN(C(=O)O)c2c(F)cccc21. The molecule has 3 N–H and O–H groups in total. The van der Waals surface area contributed by atoms with Crippen molar-refractivity contribution in [3.05, 3.63) is 88.7 Å². The third kappa shape index (κ3) is 5.80. The van der Waals surface area contributed by atoms with Crippen LogP contribution in [0.15, 0.2) is 60.7 Å². The number of nitrogens with zero attached hydrogens (tertiary/aromatic N) is 4. The molecule has 10 heteroatoms. The van der Waals surface area contributed by atoms with Crippen molar-refractivity contribution >= 4 is 35.0 Å². The first-order valence-corrected chi connectivity index (χ1v) is 12.9. The van der Waals surface area contributed by atoms with E-state index in [1.165, 1.54) is 17.7 Å². The molecule has 0 aromatic heterocycles. The molecular weight excluding hydrogens is 513 g/mol.